The van der Waals surface area contributed by atoms with E-state index in [-0.39, 0.29) is 0 Å². The van der Waals surface area contributed by atoms with E-state index in [9.17, 15) is 0 Å². The average Bonchev–Trinajstić information content (AvgIpc) is 2.66. The summed E-state index contributed by atoms with van der Waals surface area (Å²) in [6, 6.07) is 4.77. The highest BCUT2D eigenvalue weighted by Crippen LogP contribution is 2.31. The topological polar surface area (TPSA) is 24.9 Å². The van der Waals surface area contributed by atoms with Crippen molar-refractivity contribution in [3.05, 3.63) is 23.9 Å². The first-order valence-corrected chi connectivity index (χ1v) is 4.45. The van der Waals surface area contributed by atoms with E-state index in [0.717, 1.165) is 11.7 Å². The number of rotatable bonds is 2. The molecule has 2 rings (SSSR count). The van der Waals surface area contributed by atoms with Crippen molar-refractivity contribution in [2.45, 2.75) is 26.3 Å². The van der Waals surface area contributed by atoms with Crippen molar-refractivity contribution in [1.29, 1.82) is 0 Å². The van der Waals surface area contributed by atoms with Gasteiger partial charge in [-0.05, 0) is 37.0 Å². The molecule has 2 nitrogen and oxygen atoms in total. The van der Waals surface area contributed by atoms with Gasteiger partial charge in [-0.1, -0.05) is 6.92 Å². The maximum Gasteiger partial charge on any atom is 0.126 e. The van der Waals surface area contributed by atoms with E-state index < -0.39 is 0 Å². The Morgan fingerprint density at radius 1 is 1.58 bits per heavy atom. The van der Waals surface area contributed by atoms with Crippen LogP contribution in [0, 0.1) is 12.8 Å². The molecule has 0 amide bonds. The quantitative estimate of drug-likeness (QED) is 0.721. The molecule has 1 aromatic heterocycles. The van der Waals surface area contributed by atoms with E-state index >= 15 is 0 Å². The molecule has 1 saturated carbocycles. The zero-order valence-corrected chi connectivity index (χ0v) is 7.54. The predicted molar refractivity (Wildman–Crippen MR) is 50.2 cm³/mol. The third kappa shape index (κ3) is 1.58. The molecule has 1 fully saturated rings. The van der Waals surface area contributed by atoms with Crippen LogP contribution in [0.15, 0.2) is 18.3 Å². The Morgan fingerprint density at radius 3 is 2.92 bits per heavy atom. The SMILES string of the molecule is Cc1ccnc(NC2CC2C)c1. The fourth-order valence-electron chi connectivity index (χ4n) is 1.33. The molecule has 2 unspecified atom stereocenters. The molecule has 1 N–H and O–H groups in total. The lowest BCUT2D eigenvalue weighted by atomic mass is 10.3. The smallest absolute Gasteiger partial charge is 0.126 e. The minimum Gasteiger partial charge on any atom is -0.367 e. The molecule has 0 saturated heterocycles. The van der Waals surface area contributed by atoms with Crippen molar-refractivity contribution < 1.29 is 0 Å². The van der Waals surface area contributed by atoms with Crippen molar-refractivity contribution in [3.8, 4) is 0 Å². The predicted octanol–water partition coefficient (Wildman–Crippen LogP) is 2.21. The van der Waals surface area contributed by atoms with E-state index in [2.05, 4.69) is 30.2 Å². The molecule has 1 heterocycles. The summed E-state index contributed by atoms with van der Waals surface area (Å²) in [7, 11) is 0. The van der Waals surface area contributed by atoms with Crippen LogP contribution in [0.3, 0.4) is 0 Å². The first-order chi connectivity index (χ1) is 5.75. The Hall–Kier alpha value is -1.05. The van der Waals surface area contributed by atoms with Gasteiger partial charge in [0.05, 0.1) is 0 Å². The Morgan fingerprint density at radius 2 is 2.33 bits per heavy atom. The van der Waals surface area contributed by atoms with Gasteiger partial charge in [0.15, 0.2) is 0 Å². The summed E-state index contributed by atoms with van der Waals surface area (Å²) in [6.07, 6.45) is 3.14. The number of aryl methyl sites for hydroxylation is 1. The van der Waals surface area contributed by atoms with Crippen LogP contribution < -0.4 is 5.32 Å². The number of pyridine rings is 1. The molecule has 0 aromatic carbocycles. The molecule has 64 valence electrons. The van der Waals surface area contributed by atoms with Crippen LogP contribution in [-0.2, 0) is 0 Å². The maximum absolute atomic E-state index is 4.24. The monoisotopic (exact) mass is 162 g/mol. The minimum absolute atomic E-state index is 0.666. The molecule has 1 aromatic rings. The molecule has 1 aliphatic rings. The molecule has 2 heteroatoms. The minimum atomic E-state index is 0.666. The number of hydrogen-bond donors (Lipinski definition) is 1. The fraction of sp³-hybridized carbons (Fsp3) is 0.500. The normalized spacial score (nSPS) is 26.8. The number of hydrogen-bond acceptors (Lipinski definition) is 2. The van der Waals surface area contributed by atoms with Gasteiger partial charge in [-0.25, -0.2) is 4.98 Å². The summed E-state index contributed by atoms with van der Waals surface area (Å²) in [5.74, 6) is 1.84. The van der Waals surface area contributed by atoms with Gasteiger partial charge in [-0.3, -0.25) is 0 Å². The third-order valence-electron chi connectivity index (χ3n) is 2.36. The average molecular weight is 162 g/mol. The molecule has 12 heavy (non-hydrogen) atoms. The lowest BCUT2D eigenvalue weighted by Gasteiger charge is -2.03. The van der Waals surface area contributed by atoms with Gasteiger partial charge in [0, 0.05) is 12.2 Å². The summed E-state index contributed by atoms with van der Waals surface area (Å²) in [5.41, 5.74) is 1.26. The van der Waals surface area contributed by atoms with Crippen LogP contribution >= 0.6 is 0 Å². The molecule has 1 aliphatic carbocycles. The second-order valence-electron chi connectivity index (χ2n) is 3.68. The van der Waals surface area contributed by atoms with Gasteiger partial charge >= 0.3 is 0 Å². The van der Waals surface area contributed by atoms with Crippen LogP contribution in [0.1, 0.15) is 18.9 Å². The summed E-state index contributed by atoms with van der Waals surface area (Å²) >= 11 is 0. The van der Waals surface area contributed by atoms with Gasteiger partial charge in [0.1, 0.15) is 5.82 Å². The van der Waals surface area contributed by atoms with Crippen molar-refractivity contribution in [3.63, 3.8) is 0 Å². The Balaban J connectivity index is 2.03. The van der Waals surface area contributed by atoms with E-state index in [1.807, 2.05) is 12.3 Å². The van der Waals surface area contributed by atoms with Crippen LogP contribution in [-0.4, -0.2) is 11.0 Å². The summed E-state index contributed by atoms with van der Waals surface area (Å²) in [5, 5.41) is 3.40. The number of nitrogens with zero attached hydrogens (tertiary/aromatic N) is 1. The van der Waals surface area contributed by atoms with Gasteiger partial charge in [-0.15, -0.1) is 0 Å². The van der Waals surface area contributed by atoms with E-state index in [0.29, 0.717) is 6.04 Å². The van der Waals surface area contributed by atoms with Crippen molar-refractivity contribution in [2.24, 2.45) is 5.92 Å². The lowest BCUT2D eigenvalue weighted by molar-refractivity contribution is 0.923. The molecular formula is C10H14N2. The highest BCUT2D eigenvalue weighted by molar-refractivity contribution is 5.39. The van der Waals surface area contributed by atoms with E-state index in [1.165, 1.54) is 12.0 Å². The van der Waals surface area contributed by atoms with Crippen molar-refractivity contribution in [1.82, 2.24) is 4.98 Å². The summed E-state index contributed by atoms with van der Waals surface area (Å²) in [4.78, 5) is 4.24. The molecule has 0 bridgehead atoms. The van der Waals surface area contributed by atoms with Crippen molar-refractivity contribution in [2.75, 3.05) is 5.32 Å². The first-order valence-electron chi connectivity index (χ1n) is 4.45. The fourth-order valence-corrected chi connectivity index (χ4v) is 1.33. The Bertz CT molecular complexity index is 283. The zero-order chi connectivity index (χ0) is 8.55. The van der Waals surface area contributed by atoms with Gasteiger partial charge < -0.3 is 5.32 Å². The molecule has 0 spiro atoms. The molecule has 0 aliphatic heterocycles. The lowest BCUT2D eigenvalue weighted by Crippen LogP contribution is -2.04. The second-order valence-corrected chi connectivity index (χ2v) is 3.68. The van der Waals surface area contributed by atoms with Crippen LogP contribution in [0.2, 0.25) is 0 Å². The maximum atomic E-state index is 4.24. The first kappa shape index (κ1) is 7.59. The zero-order valence-electron chi connectivity index (χ0n) is 7.54. The Kier molecular flexibility index (Phi) is 1.75. The molecule has 2 atom stereocenters. The summed E-state index contributed by atoms with van der Waals surface area (Å²) < 4.78 is 0. The standard InChI is InChI=1S/C10H14N2/c1-7-3-4-11-10(5-7)12-9-6-8(9)2/h3-5,8-9H,6H2,1-2H3,(H,11,12). The van der Waals surface area contributed by atoms with Crippen LogP contribution in [0.5, 0.6) is 0 Å². The highest BCUT2D eigenvalue weighted by atomic mass is 15.0. The van der Waals surface area contributed by atoms with Gasteiger partial charge in [-0.2, -0.15) is 0 Å². The third-order valence-corrected chi connectivity index (χ3v) is 2.36. The van der Waals surface area contributed by atoms with Crippen LogP contribution in [0.25, 0.3) is 0 Å². The largest absolute Gasteiger partial charge is 0.367 e. The highest BCUT2D eigenvalue weighted by Gasteiger charge is 2.32. The Labute approximate surface area is 73.0 Å². The summed E-state index contributed by atoms with van der Waals surface area (Å²) in [6.45, 7) is 4.34. The number of nitrogens with one attached hydrogen (secondary N) is 1. The van der Waals surface area contributed by atoms with Crippen molar-refractivity contribution >= 4 is 5.82 Å². The molecular weight excluding hydrogens is 148 g/mol. The number of aromatic nitrogens is 1. The molecule has 0 radical (unpaired) electrons. The number of anilines is 1. The van der Waals surface area contributed by atoms with Crippen LogP contribution in [0.4, 0.5) is 5.82 Å². The van der Waals surface area contributed by atoms with Gasteiger partial charge in [0.25, 0.3) is 0 Å². The van der Waals surface area contributed by atoms with Gasteiger partial charge in [0.2, 0.25) is 0 Å². The second kappa shape index (κ2) is 2.77. The van der Waals surface area contributed by atoms with E-state index in [4.69, 9.17) is 0 Å². The van der Waals surface area contributed by atoms with E-state index in [1.54, 1.807) is 0 Å².